The molecule has 2 aliphatic rings. The van der Waals surface area contributed by atoms with E-state index in [9.17, 15) is 4.79 Å². The molecule has 3 heterocycles. The smallest absolute Gasteiger partial charge is 0.252 e. The van der Waals surface area contributed by atoms with Gasteiger partial charge in [0, 0.05) is 32.3 Å². The van der Waals surface area contributed by atoms with Crippen LogP contribution in [-0.2, 0) is 0 Å². The monoisotopic (exact) mass is 353 g/mol. The highest BCUT2D eigenvalue weighted by atomic mass is 16.6. The topological polar surface area (TPSA) is 63.7 Å². The summed E-state index contributed by atoms with van der Waals surface area (Å²) in [5.74, 6) is 2.38. The number of hydrogen-bond acceptors (Lipinski definition) is 5. The number of nitrogens with zero attached hydrogens (tertiary/aromatic N) is 2. The van der Waals surface area contributed by atoms with Crippen LogP contribution >= 0.6 is 0 Å². The number of rotatable bonds is 5. The Hall–Kier alpha value is -2.76. The van der Waals surface area contributed by atoms with E-state index in [0.29, 0.717) is 25.1 Å². The van der Waals surface area contributed by atoms with Gasteiger partial charge in [0.15, 0.2) is 11.5 Å². The zero-order valence-corrected chi connectivity index (χ0v) is 14.7. The molecule has 6 heteroatoms. The molecule has 2 aromatic rings. The van der Waals surface area contributed by atoms with Crippen LogP contribution in [0.25, 0.3) is 0 Å². The Balaban J connectivity index is 1.25. The zero-order valence-electron chi connectivity index (χ0n) is 14.7. The number of carbonyl (C=O) groups excluding carboxylic acids is 1. The number of pyridine rings is 1. The maximum Gasteiger partial charge on any atom is 0.252 e. The van der Waals surface area contributed by atoms with Gasteiger partial charge in [-0.25, -0.2) is 4.98 Å². The molecule has 1 aromatic heterocycles. The minimum absolute atomic E-state index is 0.0548. The van der Waals surface area contributed by atoms with E-state index < -0.39 is 0 Å². The molecule has 4 rings (SSSR count). The maximum atomic E-state index is 12.3. The van der Waals surface area contributed by atoms with Gasteiger partial charge in [0.1, 0.15) is 18.5 Å². The van der Waals surface area contributed by atoms with E-state index in [2.05, 4.69) is 15.2 Å². The van der Waals surface area contributed by atoms with Crippen LogP contribution in [0.15, 0.2) is 42.6 Å². The van der Waals surface area contributed by atoms with Gasteiger partial charge < -0.3 is 19.7 Å². The van der Waals surface area contributed by atoms with Crippen molar-refractivity contribution in [3.8, 4) is 11.5 Å². The molecule has 0 unspecified atom stereocenters. The number of anilines is 1. The molecule has 26 heavy (non-hydrogen) atoms. The van der Waals surface area contributed by atoms with Crippen molar-refractivity contribution in [1.82, 2.24) is 10.3 Å². The molecule has 1 N–H and O–H groups in total. The molecule has 1 amide bonds. The fourth-order valence-corrected chi connectivity index (χ4v) is 3.31. The largest absolute Gasteiger partial charge is 0.486 e. The average molecular weight is 353 g/mol. The van der Waals surface area contributed by atoms with E-state index in [0.717, 1.165) is 30.4 Å². The van der Waals surface area contributed by atoms with Crippen LogP contribution in [0, 0.1) is 0 Å². The van der Waals surface area contributed by atoms with Gasteiger partial charge in [-0.15, -0.1) is 0 Å². The SMILES string of the molecule is O=C(NCC[C@H]1COc2ccccc2O1)c1ccc(N2CCCC2)nc1. The molecule has 0 aliphatic carbocycles. The third kappa shape index (κ3) is 3.74. The van der Waals surface area contributed by atoms with Crippen molar-refractivity contribution in [3.63, 3.8) is 0 Å². The van der Waals surface area contributed by atoms with Gasteiger partial charge in [-0.3, -0.25) is 4.79 Å². The summed E-state index contributed by atoms with van der Waals surface area (Å²) in [4.78, 5) is 19.0. The Bertz CT molecular complexity index is 757. The van der Waals surface area contributed by atoms with Gasteiger partial charge >= 0.3 is 0 Å². The average Bonchev–Trinajstić information content (AvgIpc) is 3.23. The number of nitrogens with one attached hydrogen (secondary N) is 1. The van der Waals surface area contributed by atoms with E-state index in [1.54, 1.807) is 6.20 Å². The molecule has 0 saturated carbocycles. The Kier molecular flexibility index (Phi) is 4.91. The molecule has 1 fully saturated rings. The Morgan fingerprint density at radius 3 is 2.73 bits per heavy atom. The van der Waals surface area contributed by atoms with Crippen molar-refractivity contribution in [1.29, 1.82) is 0 Å². The van der Waals surface area contributed by atoms with Crippen molar-refractivity contribution >= 4 is 11.7 Å². The standard InChI is InChI=1S/C20H23N3O3/c24-20(15-7-8-19(22-13-15)23-11-3-4-12-23)21-10-9-16-14-25-17-5-1-2-6-18(17)26-16/h1-2,5-8,13,16H,3-4,9-12,14H2,(H,21,24)/t16-/m0/s1. The van der Waals surface area contributed by atoms with Gasteiger partial charge in [-0.1, -0.05) is 12.1 Å². The Morgan fingerprint density at radius 1 is 1.15 bits per heavy atom. The van der Waals surface area contributed by atoms with Crippen LogP contribution in [0.5, 0.6) is 11.5 Å². The van der Waals surface area contributed by atoms with Crippen LogP contribution in [-0.4, -0.2) is 43.2 Å². The highest BCUT2D eigenvalue weighted by Gasteiger charge is 2.20. The van der Waals surface area contributed by atoms with Crippen molar-refractivity contribution in [2.75, 3.05) is 31.1 Å². The molecule has 1 atom stereocenters. The number of fused-ring (bicyclic) bond motifs is 1. The summed E-state index contributed by atoms with van der Waals surface area (Å²) in [6, 6.07) is 11.4. The number of carbonyl (C=O) groups is 1. The summed E-state index contributed by atoms with van der Waals surface area (Å²) in [7, 11) is 0. The van der Waals surface area contributed by atoms with Gasteiger partial charge in [0.2, 0.25) is 0 Å². The third-order valence-electron chi connectivity index (χ3n) is 4.76. The van der Waals surface area contributed by atoms with Crippen molar-refractivity contribution in [2.45, 2.75) is 25.4 Å². The number of amides is 1. The number of para-hydroxylation sites is 2. The number of benzene rings is 1. The van der Waals surface area contributed by atoms with E-state index in [4.69, 9.17) is 9.47 Å². The Labute approximate surface area is 153 Å². The molecule has 2 aliphatic heterocycles. The molecule has 0 radical (unpaired) electrons. The molecule has 1 aromatic carbocycles. The van der Waals surface area contributed by atoms with Gasteiger partial charge in [-0.05, 0) is 37.1 Å². The highest BCUT2D eigenvalue weighted by molar-refractivity contribution is 5.94. The molecule has 0 bridgehead atoms. The predicted octanol–water partition coefficient (Wildman–Crippen LogP) is 2.64. The summed E-state index contributed by atoms with van der Waals surface area (Å²) < 4.78 is 11.6. The third-order valence-corrected chi connectivity index (χ3v) is 4.76. The number of aromatic nitrogens is 1. The molecule has 136 valence electrons. The summed E-state index contributed by atoms with van der Waals surface area (Å²) in [6.07, 6.45) is 4.71. The lowest BCUT2D eigenvalue weighted by Crippen LogP contribution is -2.34. The predicted molar refractivity (Wildman–Crippen MR) is 99.0 cm³/mol. The Morgan fingerprint density at radius 2 is 1.96 bits per heavy atom. The normalized spacial score (nSPS) is 18.6. The second-order valence-electron chi connectivity index (χ2n) is 6.64. The molecule has 0 spiro atoms. The molecule has 6 nitrogen and oxygen atoms in total. The van der Waals surface area contributed by atoms with Crippen molar-refractivity contribution in [2.24, 2.45) is 0 Å². The summed E-state index contributed by atoms with van der Waals surface area (Å²) in [6.45, 7) is 3.12. The van der Waals surface area contributed by atoms with Gasteiger partial charge in [0.05, 0.1) is 5.56 Å². The first kappa shape index (κ1) is 16.7. The lowest BCUT2D eigenvalue weighted by atomic mass is 10.2. The maximum absolute atomic E-state index is 12.3. The second kappa shape index (κ2) is 7.64. The zero-order chi connectivity index (χ0) is 17.8. The second-order valence-corrected chi connectivity index (χ2v) is 6.64. The van der Waals surface area contributed by atoms with Crippen molar-refractivity contribution < 1.29 is 14.3 Å². The van der Waals surface area contributed by atoms with Crippen LogP contribution in [0.1, 0.15) is 29.6 Å². The van der Waals surface area contributed by atoms with Crippen LogP contribution in [0.3, 0.4) is 0 Å². The van der Waals surface area contributed by atoms with E-state index in [1.807, 2.05) is 36.4 Å². The highest BCUT2D eigenvalue weighted by Crippen LogP contribution is 2.31. The van der Waals surface area contributed by atoms with Crippen molar-refractivity contribution in [3.05, 3.63) is 48.2 Å². The van der Waals surface area contributed by atoms with E-state index in [1.165, 1.54) is 12.8 Å². The van der Waals surface area contributed by atoms with Crippen LogP contribution in [0.2, 0.25) is 0 Å². The van der Waals surface area contributed by atoms with Gasteiger partial charge in [0.25, 0.3) is 5.91 Å². The molecular formula is C20H23N3O3. The van der Waals surface area contributed by atoms with Crippen LogP contribution < -0.4 is 19.7 Å². The number of hydrogen-bond donors (Lipinski definition) is 1. The minimum atomic E-state index is -0.109. The fraction of sp³-hybridized carbons (Fsp3) is 0.400. The first-order chi connectivity index (χ1) is 12.8. The summed E-state index contributed by atoms with van der Waals surface area (Å²) in [5.41, 5.74) is 0.583. The lowest BCUT2D eigenvalue weighted by molar-refractivity contribution is 0.0812. The van der Waals surface area contributed by atoms with E-state index in [-0.39, 0.29) is 12.0 Å². The lowest BCUT2D eigenvalue weighted by Gasteiger charge is -2.26. The first-order valence-corrected chi connectivity index (χ1v) is 9.17. The van der Waals surface area contributed by atoms with E-state index >= 15 is 0 Å². The number of ether oxygens (including phenoxy) is 2. The minimum Gasteiger partial charge on any atom is -0.486 e. The van der Waals surface area contributed by atoms with Gasteiger partial charge in [-0.2, -0.15) is 0 Å². The molecular weight excluding hydrogens is 330 g/mol. The van der Waals surface area contributed by atoms with Crippen LogP contribution in [0.4, 0.5) is 5.82 Å². The summed E-state index contributed by atoms with van der Waals surface area (Å²) >= 11 is 0. The quantitative estimate of drug-likeness (QED) is 0.895. The molecule has 1 saturated heterocycles. The first-order valence-electron chi connectivity index (χ1n) is 9.17. The summed E-state index contributed by atoms with van der Waals surface area (Å²) in [5, 5.41) is 2.93. The fourth-order valence-electron chi connectivity index (χ4n) is 3.31.